The third-order valence-electron chi connectivity index (χ3n) is 8.29. The molecular formula is C29H37ClN2O6. The number of hydrogen-bond acceptors (Lipinski definition) is 6. The minimum Gasteiger partial charge on any atom is -0.461 e. The number of rotatable bonds is 13. The van der Waals surface area contributed by atoms with Crippen molar-refractivity contribution in [2.75, 3.05) is 31.2 Å². The maximum atomic E-state index is 14.4. The number of aliphatic hydroxyl groups is 1. The van der Waals surface area contributed by atoms with Crippen molar-refractivity contribution in [3.8, 4) is 0 Å². The summed E-state index contributed by atoms with van der Waals surface area (Å²) in [5.74, 6) is -2.62. The van der Waals surface area contributed by atoms with E-state index in [4.69, 9.17) is 21.1 Å². The first-order chi connectivity index (χ1) is 18.3. The van der Waals surface area contributed by atoms with Gasteiger partial charge in [-0.15, -0.1) is 6.58 Å². The number of halogens is 1. The lowest BCUT2D eigenvalue weighted by Crippen LogP contribution is -2.56. The Labute approximate surface area is 229 Å². The number of unbranched alkanes of at least 4 members (excludes halogenated alkanes) is 2. The molecule has 3 fully saturated rings. The molecule has 3 aliphatic rings. The molecule has 38 heavy (non-hydrogen) atoms. The summed E-state index contributed by atoms with van der Waals surface area (Å²) in [5.41, 5.74) is -1.36. The molecule has 0 aliphatic carbocycles. The number of aliphatic hydroxyl groups excluding tert-OH is 1. The van der Waals surface area contributed by atoms with Crippen LogP contribution in [0.15, 0.2) is 49.6 Å². The monoisotopic (exact) mass is 544 g/mol. The van der Waals surface area contributed by atoms with Crippen molar-refractivity contribution in [2.24, 2.45) is 11.8 Å². The Hall–Kier alpha value is -2.68. The third-order valence-corrected chi connectivity index (χ3v) is 8.54. The number of fused-ring (bicyclic) bond motifs is 1. The number of nitrogens with zero attached hydrogens (tertiary/aromatic N) is 2. The van der Waals surface area contributed by atoms with Crippen LogP contribution in [0.25, 0.3) is 0 Å². The van der Waals surface area contributed by atoms with Gasteiger partial charge in [-0.05, 0) is 62.8 Å². The van der Waals surface area contributed by atoms with E-state index in [1.165, 1.54) is 6.08 Å². The fraction of sp³-hybridized carbons (Fsp3) is 0.552. The van der Waals surface area contributed by atoms with E-state index in [0.717, 1.165) is 0 Å². The Balaban J connectivity index is 1.77. The van der Waals surface area contributed by atoms with Gasteiger partial charge in [0.05, 0.1) is 11.5 Å². The van der Waals surface area contributed by atoms with Gasteiger partial charge in [0, 0.05) is 30.4 Å². The zero-order valence-electron chi connectivity index (χ0n) is 21.9. The van der Waals surface area contributed by atoms with E-state index < -0.39 is 35.0 Å². The van der Waals surface area contributed by atoms with Gasteiger partial charge in [0.1, 0.15) is 24.2 Å². The van der Waals surface area contributed by atoms with Gasteiger partial charge in [-0.25, -0.2) is 0 Å². The molecule has 8 nitrogen and oxygen atoms in total. The first-order valence-corrected chi connectivity index (χ1v) is 13.7. The smallest absolute Gasteiger partial charge is 0.313 e. The van der Waals surface area contributed by atoms with Gasteiger partial charge in [-0.1, -0.05) is 37.3 Å². The van der Waals surface area contributed by atoms with Crippen LogP contribution in [-0.4, -0.2) is 71.3 Å². The number of likely N-dealkylation sites (tertiary alicyclic amines) is 1. The summed E-state index contributed by atoms with van der Waals surface area (Å²) in [5, 5.41) is 9.77. The van der Waals surface area contributed by atoms with Gasteiger partial charge in [0.2, 0.25) is 5.91 Å². The Morgan fingerprint density at radius 3 is 2.58 bits per heavy atom. The Bertz CT molecular complexity index is 1080. The van der Waals surface area contributed by atoms with Crippen LogP contribution in [0.1, 0.15) is 45.4 Å². The number of esters is 1. The number of carbonyl (C=O) groups is 3. The lowest BCUT2D eigenvalue weighted by atomic mass is 9.65. The molecule has 2 bridgehead atoms. The fourth-order valence-electron chi connectivity index (χ4n) is 6.62. The number of benzene rings is 1. The number of anilines is 1. The predicted octanol–water partition coefficient (Wildman–Crippen LogP) is 3.91. The molecule has 1 spiro atoms. The van der Waals surface area contributed by atoms with Crippen LogP contribution in [0, 0.1) is 11.8 Å². The summed E-state index contributed by atoms with van der Waals surface area (Å²) in [4.78, 5) is 45.1. The summed E-state index contributed by atoms with van der Waals surface area (Å²) in [7, 11) is 0. The highest BCUT2D eigenvalue weighted by Crippen LogP contribution is 2.64. The molecule has 0 aromatic heterocycles. The molecule has 3 heterocycles. The van der Waals surface area contributed by atoms with Crippen LogP contribution >= 0.6 is 11.6 Å². The van der Waals surface area contributed by atoms with Crippen molar-refractivity contribution < 1.29 is 29.0 Å². The normalized spacial score (nSPS) is 29.3. The zero-order chi connectivity index (χ0) is 27.5. The zero-order valence-corrected chi connectivity index (χ0v) is 22.7. The van der Waals surface area contributed by atoms with Crippen LogP contribution in [0.4, 0.5) is 5.69 Å². The lowest BCUT2D eigenvalue weighted by Gasteiger charge is -2.37. The first kappa shape index (κ1) is 28.3. The number of ether oxygens (including phenoxy) is 2. The topological polar surface area (TPSA) is 96.4 Å². The standard InChI is InChI=1S/C29H37ClN2O6/c1-4-16-31(21-12-10-20(30)11-13-21)26(35)24-29-15-14-28(6-3,38-29)23(27(36)37-19-5-2)22(29)25(34)32(24)17-8-7-9-18-33/h4-5,10-13,22-24,33H,1-2,6-9,14-19H2,3H3/t22-,23-,24?,28+,29?/m0/s1. The molecule has 4 rings (SSSR count). The van der Waals surface area contributed by atoms with Crippen molar-refractivity contribution in [2.45, 2.75) is 62.7 Å². The summed E-state index contributed by atoms with van der Waals surface area (Å²) >= 11 is 6.10. The highest BCUT2D eigenvalue weighted by molar-refractivity contribution is 6.30. The van der Waals surface area contributed by atoms with Crippen LogP contribution in [-0.2, 0) is 23.9 Å². The quantitative estimate of drug-likeness (QED) is 0.230. The first-order valence-electron chi connectivity index (χ1n) is 13.4. The Kier molecular flexibility index (Phi) is 8.65. The average Bonchev–Trinajstić information content (AvgIpc) is 3.52. The number of carbonyl (C=O) groups excluding carboxylic acids is 3. The molecule has 2 unspecified atom stereocenters. The van der Waals surface area contributed by atoms with E-state index in [9.17, 15) is 19.5 Å². The van der Waals surface area contributed by atoms with Crippen LogP contribution in [0.5, 0.6) is 0 Å². The molecule has 1 N–H and O–H groups in total. The maximum absolute atomic E-state index is 14.4. The van der Waals surface area contributed by atoms with Gasteiger partial charge in [0.25, 0.3) is 5.91 Å². The van der Waals surface area contributed by atoms with Crippen molar-refractivity contribution in [3.63, 3.8) is 0 Å². The van der Waals surface area contributed by atoms with Crippen molar-refractivity contribution in [1.29, 1.82) is 0 Å². The van der Waals surface area contributed by atoms with E-state index in [-0.39, 0.29) is 31.6 Å². The molecule has 5 atom stereocenters. The lowest BCUT2D eigenvalue weighted by molar-refractivity contribution is -0.159. The Morgan fingerprint density at radius 1 is 1.21 bits per heavy atom. The van der Waals surface area contributed by atoms with Gasteiger partial charge >= 0.3 is 5.97 Å². The molecule has 2 amide bonds. The van der Waals surface area contributed by atoms with E-state index in [1.54, 1.807) is 40.1 Å². The van der Waals surface area contributed by atoms with Crippen molar-refractivity contribution in [3.05, 3.63) is 54.6 Å². The van der Waals surface area contributed by atoms with Gasteiger partial charge in [0.15, 0.2) is 0 Å². The predicted molar refractivity (Wildman–Crippen MR) is 145 cm³/mol. The van der Waals surface area contributed by atoms with Gasteiger partial charge in [-0.2, -0.15) is 0 Å². The Morgan fingerprint density at radius 2 is 1.95 bits per heavy atom. The van der Waals surface area contributed by atoms with Crippen molar-refractivity contribution >= 4 is 35.1 Å². The number of amides is 2. The van der Waals surface area contributed by atoms with Crippen LogP contribution in [0.3, 0.4) is 0 Å². The van der Waals surface area contributed by atoms with Gasteiger partial charge < -0.3 is 24.4 Å². The number of hydrogen-bond donors (Lipinski definition) is 1. The molecule has 1 aromatic carbocycles. The SMILES string of the molecule is C=CCOC(=O)[C@@H]1[C@H]2C(=O)N(CCCCCO)C(C(=O)N(CC=C)c3ccc(Cl)cc3)C23CC[C@@]1(CC)O3. The highest BCUT2D eigenvalue weighted by atomic mass is 35.5. The maximum Gasteiger partial charge on any atom is 0.313 e. The minimum absolute atomic E-state index is 0.0416. The second-order valence-electron chi connectivity index (χ2n) is 10.3. The summed E-state index contributed by atoms with van der Waals surface area (Å²) in [6, 6.07) is 6.04. The largest absolute Gasteiger partial charge is 0.461 e. The second kappa shape index (κ2) is 11.6. The summed E-state index contributed by atoms with van der Waals surface area (Å²) in [6.07, 6.45) is 6.64. The minimum atomic E-state index is -1.13. The molecule has 3 aliphatic heterocycles. The molecule has 9 heteroatoms. The van der Waals surface area contributed by atoms with E-state index in [2.05, 4.69) is 13.2 Å². The fourth-order valence-corrected chi connectivity index (χ4v) is 6.74. The molecule has 0 radical (unpaired) electrons. The molecular weight excluding hydrogens is 508 g/mol. The van der Waals surface area contributed by atoms with E-state index >= 15 is 0 Å². The average molecular weight is 545 g/mol. The molecule has 0 saturated carbocycles. The van der Waals surface area contributed by atoms with Crippen molar-refractivity contribution in [1.82, 2.24) is 4.90 Å². The van der Waals surface area contributed by atoms with Crippen LogP contribution < -0.4 is 4.90 Å². The summed E-state index contributed by atoms with van der Waals surface area (Å²) in [6.45, 7) is 10.1. The molecule has 3 saturated heterocycles. The van der Waals surface area contributed by atoms with E-state index in [0.29, 0.717) is 55.8 Å². The van der Waals surface area contributed by atoms with E-state index in [1.807, 2.05) is 6.92 Å². The molecule has 1 aromatic rings. The second-order valence-corrected chi connectivity index (χ2v) is 10.7. The highest BCUT2D eigenvalue weighted by Gasteiger charge is 2.79. The van der Waals surface area contributed by atoms with Crippen LogP contribution in [0.2, 0.25) is 5.02 Å². The third kappa shape index (κ3) is 4.67. The van der Waals surface area contributed by atoms with Gasteiger partial charge in [-0.3, -0.25) is 14.4 Å². The molecule has 206 valence electrons. The summed E-state index contributed by atoms with van der Waals surface area (Å²) < 4.78 is 12.2.